The number of aryl methyl sites for hydroxylation is 2. The number of carbonyl (C=O) groups excluding carboxylic acids is 1. The number of benzene rings is 1. The molecule has 1 aromatic rings. The molecule has 0 aliphatic heterocycles. The molecule has 1 aromatic carbocycles. The topological polar surface area (TPSA) is 52.3 Å². The number of hydrogen-bond acceptors (Lipinski definition) is 3. The van der Waals surface area contributed by atoms with E-state index in [1.54, 1.807) is 6.92 Å². The van der Waals surface area contributed by atoms with Crippen LogP contribution in [-0.2, 0) is 21.5 Å². The van der Waals surface area contributed by atoms with Gasteiger partial charge in [0.25, 0.3) is 0 Å². The van der Waals surface area contributed by atoms with Crippen LogP contribution >= 0.6 is 0 Å². The molecular weight excluding hydrogens is 202 g/mol. The number of fused-ring (bicyclic) bond motifs is 1. The molecule has 0 amide bonds. The molecule has 0 spiro atoms. The average Bonchev–Trinajstić information content (AvgIpc) is 2.58. The van der Waals surface area contributed by atoms with Gasteiger partial charge in [0.15, 0.2) is 0 Å². The predicted octanol–water partition coefficient (Wildman–Crippen LogP) is 1.66. The lowest BCUT2D eigenvalue weighted by Crippen LogP contribution is -2.44. The van der Waals surface area contributed by atoms with Crippen LogP contribution in [0.1, 0.15) is 30.0 Å². The summed E-state index contributed by atoms with van der Waals surface area (Å²) < 4.78 is 5.06. The maximum absolute atomic E-state index is 11.9. The zero-order chi connectivity index (χ0) is 11.8. The average molecular weight is 219 g/mol. The van der Waals surface area contributed by atoms with Crippen molar-refractivity contribution in [2.45, 2.75) is 32.2 Å². The van der Waals surface area contributed by atoms with E-state index in [0.29, 0.717) is 13.0 Å². The van der Waals surface area contributed by atoms with E-state index >= 15 is 0 Å². The fraction of sp³-hybridized carbons (Fsp3) is 0.462. The molecule has 0 fully saturated rings. The molecule has 0 saturated heterocycles. The first kappa shape index (κ1) is 11.1. The maximum atomic E-state index is 11.9. The molecule has 86 valence electrons. The van der Waals surface area contributed by atoms with Crippen LogP contribution in [0.3, 0.4) is 0 Å². The zero-order valence-corrected chi connectivity index (χ0v) is 9.75. The smallest absolute Gasteiger partial charge is 0.330 e. The Hall–Kier alpha value is -1.35. The Morgan fingerprint density at radius 1 is 1.56 bits per heavy atom. The summed E-state index contributed by atoms with van der Waals surface area (Å²) in [6.45, 7) is 4.18. The number of rotatable bonds is 2. The number of carbonyl (C=O) groups is 1. The Kier molecular flexibility index (Phi) is 2.72. The van der Waals surface area contributed by atoms with E-state index < -0.39 is 5.54 Å². The van der Waals surface area contributed by atoms with E-state index in [-0.39, 0.29) is 5.97 Å². The molecule has 0 heterocycles. The third kappa shape index (κ3) is 1.61. The Balaban J connectivity index is 2.41. The van der Waals surface area contributed by atoms with Gasteiger partial charge in [0.05, 0.1) is 6.61 Å². The van der Waals surface area contributed by atoms with Crippen LogP contribution < -0.4 is 5.73 Å². The number of hydrogen-bond donors (Lipinski definition) is 1. The Morgan fingerprint density at radius 2 is 2.31 bits per heavy atom. The van der Waals surface area contributed by atoms with Crippen LogP contribution in [0.15, 0.2) is 18.2 Å². The van der Waals surface area contributed by atoms with Crippen molar-refractivity contribution in [3.8, 4) is 0 Å². The molecular formula is C13H17NO2. The summed E-state index contributed by atoms with van der Waals surface area (Å²) in [6.07, 6.45) is 1.50. The monoisotopic (exact) mass is 219 g/mol. The van der Waals surface area contributed by atoms with Crippen LogP contribution in [0.2, 0.25) is 0 Å². The number of esters is 1. The van der Waals surface area contributed by atoms with Gasteiger partial charge < -0.3 is 10.5 Å². The highest BCUT2D eigenvalue weighted by Crippen LogP contribution is 2.36. The van der Waals surface area contributed by atoms with Crippen LogP contribution in [0.4, 0.5) is 0 Å². The van der Waals surface area contributed by atoms with Gasteiger partial charge in [-0.05, 0) is 37.8 Å². The third-order valence-electron chi connectivity index (χ3n) is 3.17. The van der Waals surface area contributed by atoms with Crippen molar-refractivity contribution < 1.29 is 9.53 Å². The Labute approximate surface area is 95.6 Å². The molecule has 1 unspecified atom stereocenters. The first-order valence-electron chi connectivity index (χ1n) is 5.64. The van der Waals surface area contributed by atoms with E-state index in [4.69, 9.17) is 10.5 Å². The molecule has 0 radical (unpaired) electrons. The Bertz CT molecular complexity index is 428. The second-order valence-corrected chi connectivity index (χ2v) is 4.35. The lowest BCUT2D eigenvalue weighted by molar-refractivity contribution is -0.150. The van der Waals surface area contributed by atoms with Crippen molar-refractivity contribution in [1.82, 2.24) is 0 Å². The van der Waals surface area contributed by atoms with E-state index in [1.165, 1.54) is 5.56 Å². The molecule has 0 aromatic heterocycles. The number of ether oxygens (including phenoxy) is 1. The molecule has 0 saturated carbocycles. The molecule has 2 rings (SSSR count). The van der Waals surface area contributed by atoms with Gasteiger partial charge in [0.2, 0.25) is 0 Å². The van der Waals surface area contributed by atoms with Gasteiger partial charge in [-0.25, -0.2) is 4.79 Å². The quantitative estimate of drug-likeness (QED) is 0.770. The molecule has 0 bridgehead atoms. The minimum atomic E-state index is -0.933. The molecule has 1 atom stereocenters. The van der Waals surface area contributed by atoms with Crippen molar-refractivity contribution in [2.24, 2.45) is 5.73 Å². The summed E-state index contributed by atoms with van der Waals surface area (Å²) in [5.74, 6) is -0.306. The molecule has 3 heteroatoms. The van der Waals surface area contributed by atoms with Crippen molar-refractivity contribution >= 4 is 5.97 Å². The van der Waals surface area contributed by atoms with Crippen molar-refractivity contribution in [1.29, 1.82) is 0 Å². The summed E-state index contributed by atoms with van der Waals surface area (Å²) in [7, 11) is 0. The van der Waals surface area contributed by atoms with Crippen molar-refractivity contribution in [3.05, 3.63) is 34.9 Å². The standard InChI is InChI=1S/C13H17NO2/c1-3-16-12(15)13(14)7-6-10-5-4-9(2)8-11(10)13/h4-5,8H,3,6-7,14H2,1-2H3. The van der Waals surface area contributed by atoms with E-state index in [2.05, 4.69) is 12.1 Å². The second-order valence-electron chi connectivity index (χ2n) is 4.35. The van der Waals surface area contributed by atoms with Crippen molar-refractivity contribution in [2.75, 3.05) is 6.61 Å². The van der Waals surface area contributed by atoms with Crippen LogP contribution in [0.25, 0.3) is 0 Å². The summed E-state index contributed by atoms with van der Waals surface area (Å²) in [4.78, 5) is 11.9. The minimum absolute atomic E-state index is 0.306. The van der Waals surface area contributed by atoms with Crippen LogP contribution in [-0.4, -0.2) is 12.6 Å². The van der Waals surface area contributed by atoms with Gasteiger partial charge >= 0.3 is 5.97 Å². The van der Waals surface area contributed by atoms with Gasteiger partial charge in [-0.3, -0.25) is 0 Å². The maximum Gasteiger partial charge on any atom is 0.330 e. The van der Waals surface area contributed by atoms with E-state index in [0.717, 1.165) is 17.5 Å². The summed E-state index contributed by atoms with van der Waals surface area (Å²) in [5, 5.41) is 0. The molecule has 1 aliphatic rings. The largest absolute Gasteiger partial charge is 0.464 e. The summed E-state index contributed by atoms with van der Waals surface area (Å²) in [5.41, 5.74) is 8.49. The normalized spacial score (nSPS) is 22.9. The molecule has 1 aliphatic carbocycles. The highest BCUT2D eigenvalue weighted by atomic mass is 16.5. The summed E-state index contributed by atoms with van der Waals surface area (Å²) >= 11 is 0. The summed E-state index contributed by atoms with van der Waals surface area (Å²) in [6, 6.07) is 6.10. The lowest BCUT2D eigenvalue weighted by Gasteiger charge is -2.23. The highest BCUT2D eigenvalue weighted by molar-refractivity contribution is 5.84. The van der Waals surface area contributed by atoms with Gasteiger partial charge in [-0.1, -0.05) is 23.8 Å². The molecule has 16 heavy (non-hydrogen) atoms. The SMILES string of the molecule is CCOC(=O)C1(N)CCc2ccc(C)cc21. The van der Waals surface area contributed by atoms with Crippen LogP contribution in [0.5, 0.6) is 0 Å². The Morgan fingerprint density at radius 3 is 3.00 bits per heavy atom. The lowest BCUT2D eigenvalue weighted by atomic mass is 9.92. The van der Waals surface area contributed by atoms with E-state index in [9.17, 15) is 4.79 Å². The van der Waals surface area contributed by atoms with Crippen molar-refractivity contribution in [3.63, 3.8) is 0 Å². The highest BCUT2D eigenvalue weighted by Gasteiger charge is 2.43. The van der Waals surface area contributed by atoms with E-state index in [1.807, 2.05) is 13.0 Å². The van der Waals surface area contributed by atoms with Gasteiger partial charge in [-0.15, -0.1) is 0 Å². The first-order valence-corrected chi connectivity index (χ1v) is 5.64. The van der Waals surface area contributed by atoms with Gasteiger partial charge in [0, 0.05) is 0 Å². The fourth-order valence-corrected chi connectivity index (χ4v) is 2.26. The van der Waals surface area contributed by atoms with Gasteiger partial charge in [0.1, 0.15) is 5.54 Å². The molecule has 2 N–H and O–H groups in total. The van der Waals surface area contributed by atoms with Crippen LogP contribution in [0, 0.1) is 6.92 Å². The number of nitrogens with two attached hydrogens (primary N) is 1. The second kappa shape index (κ2) is 3.91. The zero-order valence-electron chi connectivity index (χ0n) is 9.75. The fourth-order valence-electron chi connectivity index (χ4n) is 2.26. The predicted molar refractivity (Wildman–Crippen MR) is 62.0 cm³/mol. The first-order chi connectivity index (χ1) is 7.58. The third-order valence-corrected chi connectivity index (χ3v) is 3.17. The molecule has 3 nitrogen and oxygen atoms in total. The van der Waals surface area contributed by atoms with Gasteiger partial charge in [-0.2, -0.15) is 0 Å². The minimum Gasteiger partial charge on any atom is -0.464 e.